The van der Waals surface area contributed by atoms with Gasteiger partial charge in [0.05, 0.1) is 6.10 Å². The number of rotatable bonds is 5. The van der Waals surface area contributed by atoms with Crippen molar-refractivity contribution in [3.05, 3.63) is 54.4 Å². The maximum atomic E-state index is 12.2. The molecular formula is C20H25N3O2. The molecule has 2 aromatic rings. The van der Waals surface area contributed by atoms with E-state index < -0.39 is 0 Å². The van der Waals surface area contributed by atoms with E-state index in [1.165, 1.54) is 0 Å². The van der Waals surface area contributed by atoms with Crippen molar-refractivity contribution >= 4 is 6.03 Å². The Hall–Kier alpha value is -2.40. The second-order valence-corrected chi connectivity index (χ2v) is 6.74. The van der Waals surface area contributed by atoms with Crippen molar-refractivity contribution in [1.29, 1.82) is 0 Å². The summed E-state index contributed by atoms with van der Waals surface area (Å²) in [6.45, 7) is 1.09. The minimum atomic E-state index is -0.268. The van der Waals surface area contributed by atoms with Crippen LogP contribution in [0.25, 0.3) is 11.1 Å². The van der Waals surface area contributed by atoms with E-state index in [0.717, 1.165) is 36.0 Å². The number of aliphatic hydroxyl groups is 1. The van der Waals surface area contributed by atoms with Gasteiger partial charge in [-0.15, -0.1) is 0 Å². The first-order valence-electron chi connectivity index (χ1n) is 8.80. The van der Waals surface area contributed by atoms with Crippen LogP contribution >= 0.6 is 0 Å². The van der Waals surface area contributed by atoms with E-state index in [-0.39, 0.29) is 18.1 Å². The zero-order chi connectivity index (χ0) is 17.6. The molecule has 0 spiro atoms. The Morgan fingerprint density at radius 1 is 1.24 bits per heavy atom. The Morgan fingerprint density at radius 3 is 2.68 bits per heavy atom. The van der Waals surface area contributed by atoms with E-state index in [9.17, 15) is 9.90 Å². The molecule has 2 amide bonds. The largest absolute Gasteiger partial charge is 0.393 e. The van der Waals surface area contributed by atoms with Crippen molar-refractivity contribution in [3.8, 4) is 11.1 Å². The van der Waals surface area contributed by atoms with Gasteiger partial charge in [-0.25, -0.2) is 4.79 Å². The Kier molecular flexibility index (Phi) is 5.66. The van der Waals surface area contributed by atoms with Gasteiger partial charge in [0.15, 0.2) is 0 Å². The first-order chi connectivity index (χ1) is 12.1. The number of nitrogens with one attached hydrogen (secondary N) is 1. The smallest absolute Gasteiger partial charge is 0.317 e. The number of hydrogen-bond acceptors (Lipinski definition) is 3. The maximum absolute atomic E-state index is 12.2. The molecule has 2 unspecified atom stereocenters. The third-order valence-corrected chi connectivity index (χ3v) is 4.87. The SMILES string of the molecule is CN(CC1CCCC1O)C(=O)NCc1ccc(-c2cccnc2)cc1. The molecule has 1 aliphatic carbocycles. The molecule has 0 radical (unpaired) electrons. The molecule has 0 aliphatic heterocycles. The minimum Gasteiger partial charge on any atom is -0.393 e. The molecule has 1 fully saturated rings. The average molecular weight is 339 g/mol. The normalized spacial score (nSPS) is 19.6. The highest BCUT2D eigenvalue weighted by Gasteiger charge is 2.27. The summed E-state index contributed by atoms with van der Waals surface area (Å²) < 4.78 is 0. The lowest BCUT2D eigenvalue weighted by Crippen LogP contribution is -2.40. The van der Waals surface area contributed by atoms with Crippen molar-refractivity contribution in [2.24, 2.45) is 5.92 Å². The lowest BCUT2D eigenvalue weighted by Gasteiger charge is -2.23. The summed E-state index contributed by atoms with van der Waals surface area (Å²) in [6.07, 6.45) is 6.22. The Morgan fingerprint density at radius 2 is 2.04 bits per heavy atom. The number of carbonyl (C=O) groups excluding carboxylic acids is 1. The predicted molar refractivity (Wildman–Crippen MR) is 97.9 cm³/mol. The van der Waals surface area contributed by atoms with Crippen molar-refractivity contribution in [2.75, 3.05) is 13.6 Å². The van der Waals surface area contributed by atoms with Crippen LogP contribution in [-0.4, -0.2) is 40.7 Å². The van der Waals surface area contributed by atoms with Crippen LogP contribution in [-0.2, 0) is 6.54 Å². The van der Waals surface area contributed by atoms with Crippen molar-refractivity contribution in [1.82, 2.24) is 15.2 Å². The molecule has 25 heavy (non-hydrogen) atoms. The van der Waals surface area contributed by atoms with Gasteiger partial charge in [-0.2, -0.15) is 0 Å². The van der Waals surface area contributed by atoms with Crippen LogP contribution in [0.3, 0.4) is 0 Å². The van der Waals surface area contributed by atoms with E-state index in [4.69, 9.17) is 0 Å². The van der Waals surface area contributed by atoms with Crippen molar-refractivity contribution in [3.63, 3.8) is 0 Å². The molecule has 5 nitrogen and oxygen atoms in total. The second kappa shape index (κ2) is 8.12. The van der Waals surface area contributed by atoms with Gasteiger partial charge in [0.1, 0.15) is 0 Å². The lowest BCUT2D eigenvalue weighted by molar-refractivity contribution is 0.114. The Bertz CT molecular complexity index is 688. The first kappa shape index (κ1) is 17.4. The quantitative estimate of drug-likeness (QED) is 0.880. The molecule has 5 heteroatoms. The van der Waals surface area contributed by atoms with Crippen LogP contribution < -0.4 is 5.32 Å². The summed E-state index contributed by atoms with van der Waals surface area (Å²) >= 11 is 0. The molecule has 2 atom stereocenters. The van der Waals surface area contributed by atoms with Gasteiger partial charge in [-0.05, 0) is 35.6 Å². The Balaban J connectivity index is 1.50. The number of aromatic nitrogens is 1. The van der Waals surface area contributed by atoms with Crippen LogP contribution in [0.15, 0.2) is 48.8 Å². The first-order valence-corrected chi connectivity index (χ1v) is 8.80. The molecule has 1 aromatic carbocycles. The highest BCUT2D eigenvalue weighted by molar-refractivity contribution is 5.73. The van der Waals surface area contributed by atoms with Gasteiger partial charge in [0, 0.05) is 38.4 Å². The predicted octanol–water partition coefficient (Wildman–Crippen LogP) is 3.05. The van der Waals surface area contributed by atoms with Gasteiger partial charge in [-0.3, -0.25) is 4.98 Å². The zero-order valence-electron chi connectivity index (χ0n) is 14.6. The third kappa shape index (κ3) is 4.57. The van der Waals surface area contributed by atoms with Crippen molar-refractivity contribution in [2.45, 2.75) is 31.9 Å². The van der Waals surface area contributed by atoms with Gasteiger partial charge >= 0.3 is 6.03 Å². The highest BCUT2D eigenvalue weighted by Crippen LogP contribution is 2.26. The molecule has 0 bridgehead atoms. The number of urea groups is 1. The highest BCUT2D eigenvalue weighted by atomic mass is 16.3. The summed E-state index contributed by atoms with van der Waals surface area (Å²) in [5.41, 5.74) is 3.23. The topological polar surface area (TPSA) is 65.5 Å². The summed E-state index contributed by atoms with van der Waals surface area (Å²) in [6, 6.07) is 12.0. The molecule has 132 valence electrons. The van der Waals surface area contributed by atoms with Crippen LogP contribution in [0.5, 0.6) is 0 Å². The van der Waals surface area contributed by atoms with E-state index in [1.807, 2.05) is 42.6 Å². The monoisotopic (exact) mass is 339 g/mol. The summed E-state index contributed by atoms with van der Waals surface area (Å²) in [5, 5.41) is 12.8. The Labute approximate surface area is 148 Å². The van der Waals surface area contributed by atoms with Crippen LogP contribution in [0.4, 0.5) is 4.79 Å². The molecule has 2 N–H and O–H groups in total. The molecule has 1 saturated carbocycles. The summed E-state index contributed by atoms with van der Waals surface area (Å²) in [7, 11) is 1.78. The average Bonchev–Trinajstić information content (AvgIpc) is 3.05. The molecule has 3 rings (SSSR count). The molecular weight excluding hydrogens is 314 g/mol. The maximum Gasteiger partial charge on any atom is 0.317 e. The van der Waals surface area contributed by atoms with E-state index in [1.54, 1.807) is 18.1 Å². The molecule has 1 heterocycles. The van der Waals surface area contributed by atoms with Crippen molar-refractivity contribution < 1.29 is 9.90 Å². The van der Waals surface area contributed by atoms with Gasteiger partial charge in [0.2, 0.25) is 0 Å². The number of amides is 2. The number of aliphatic hydroxyl groups excluding tert-OH is 1. The van der Waals surface area contributed by atoms with E-state index in [2.05, 4.69) is 10.3 Å². The fraction of sp³-hybridized carbons (Fsp3) is 0.400. The van der Waals surface area contributed by atoms with Gasteiger partial charge < -0.3 is 15.3 Å². The minimum absolute atomic E-state index is 0.101. The number of nitrogens with zero attached hydrogens (tertiary/aromatic N) is 2. The van der Waals surface area contributed by atoms with Gasteiger partial charge in [-0.1, -0.05) is 36.8 Å². The fourth-order valence-electron chi connectivity index (χ4n) is 3.33. The molecule has 1 aliphatic rings. The third-order valence-electron chi connectivity index (χ3n) is 4.87. The number of benzene rings is 1. The standard InChI is InChI=1S/C20H25N3O2/c1-23(14-18-4-2-6-19(18)24)20(25)22-12-15-7-9-16(10-8-15)17-5-3-11-21-13-17/h3,5,7-11,13,18-19,24H,2,4,6,12,14H2,1H3,(H,22,25). The van der Waals surface area contributed by atoms with E-state index >= 15 is 0 Å². The second-order valence-electron chi connectivity index (χ2n) is 6.74. The number of pyridine rings is 1. The molecule has 0 saturated heterocycles. The summed E-state index contributed by atoms with van der Waals surface area (Å²) in [5.74, 6) is 0.203. The lowest BCUT2D eigenvalue weighted by atomic mass is 10.1. The number of hydrogen-bond donors (Lipinski definition) is 2. The van der Waals surface area contributed by atoms with E-state index in [0.29, 0.717) is 13.1 Å². The molecule has 1 aromatic heterocycles. The van der Waals surface area contributed by atoms with Crippen LogP contribution in [0, 0.1) is 5.92 Å². The van der Waals surface area contributed by atoms with Crippen LogP contribution in [0.2, 0.25) is 0 Å². The summed E-state index contributed by atoms with van der Waals surface area (Å²) in [4.78, 5) is 18.0. The number of carbonyl (C=O) groups is 1. The van der Waals surface area contributed by atoms with Gasteiger partial charge in [0.25, 0.3) is 0 Å². The fourth-order valence-corrected chi connectivity index (χ4v) is 3.33. The van der Waals surface area contributed by atoms with Crippen LogP contribution in [0.1, 0.15) is 24.8 Å². The zero-order valence-corrected chi connectivity index (χ0v) is 14.6.